The minimum absolute atomic E-state index is 0.311. The van der Waals surface area contributed by atoms with Gasteiger partial charge in [0, 0.05) is 6.61 Å². The Balaban J connectivity index is 2.14. The van der Waals surface area contributed by atoms with Gasteiger partial charge in [0.25, 0.3) is 0 Å². The quantitative estimate of drug-likeness (QED) is 0.533. The van der Waals surface area contributed by atoms with E-state index in [1.165, 1.54) is 23.1 Å². The lowest BCUT2D eigenvalue weighted by Crippen LogP contribution is -1.99. The predicted octanol–water partition coefficient (Wildman–Crippen LogP) is 5.68. The number of hydrogen-bond donors (Lipinski definition) is 1. The van der Waals surface area contributed by atoms with Gasteiger partial charge in [0.1, 0.15) is 0 Å². The fourth-order valence-electron chi connectivity index (χ4n) is 2.49. The number of allylic oxidation sites excluding steroid dienone is 4. The summed E-state index contributed by atoms with van der Waals surface area (Å²) in [5.74, 6) is 0.438. The van der Waals surface area contributed by atoms with Crippen molar-refractivity contribution in [3.05, 3.63) is 47.5 Å². The zero-order valence-electron chi connectivity index (χ0n) is 14.5. The highest BCUT2D eigenvalue weighted by atomic mass is 16.3. The molecule has 1 N–H and O–H groups in total. The summed E-state index contributed by atoms with van der Waals surface area (Å²) in [5.41, 5.74) is 4.23. The lowest BCUT2D eigenvalue weighted by molar-refractivity contribution is 0.228. The molecule has 0 radical (unpaired) electrons. The average Bonchev–Trinajstić information content (AvgIpc) is 3.00. The van der Waals surface area contributed by atoms with E-state index in [1.54, 1.807) is 6.26 Å². The van der Waals surface area contributed by atoms with E-state index in [2.05, 4.69) is 32.9 Å². The fourth-order valence-corrected chi connectivity index (χ4v) is 2.49. The first-order valence-corrected chi connectivity index (χ1v) is 8.55. The Morgan fingerprint density at radius 1 is 1.18 bits per heavy atom. The van der Waals surface area contributed by atoms with E-state index in [-0.39, 0.29) is 0 Å². The van der Waals surface area contributed by atoms with Crippen LogP contribution in [0.25, 0.3) is 0 Å². The third kappa shape index (κ3) is 8.89. The molecule has 0 bridgehead atoms. The lowest BCUT2D eigenvalue weighted by atomic mass is 10.0. The predicted molar refractivity (Wildman–Crippen MR) is 93.9 cm³/mol. The van der Waals surface area contributed by atoms with Crippen LogP contribution in [0.4, 0.5) is 0 Å². The molecule has 124 valence electrons. The smallest absolute Gasteiger partial charge is 0.0934 e. The summed E-state index contributed by atoms with van der Waals surface area (Å²) in [6.45, 7) is 6.87. The Labute approximate surface area is 135 Å². The topological polar surface area (TPSA) is 33.4 Å². The van der Waals surface area contributed by atoms with Crippen LogP contribution in [-0.2, 0) is 6.42 Å². The first-order valence-electron chi connectivity index (χ1n) is 8.55. The Morgan fingerprint density at radius 2 is 1.91 bits per heavy atom. The second kappa shape index (κ2) is 11.3. The molecule has 0 unspecified atom stereocenters. The number of rotatable bonds is 11. The normalized spacial score (nSPS) is 14.4. The zero-order chi connectivity index (χ0) is 16.2. The van der Waals surface area contributed by atoms with Gasteiger partial charge >= 0.3 is 0 Å². The summed E-state index contributed by atoms with van der Waals surface area (Å²) < 4.78 is 5.07. The molecule has 0 fully saturated rings. The molecular formula is C20H32O2. The lowest BCUT2D eigenvalue weighted by Gasteiger charge is -2.07. The highest BCUT2D eigenvalue weighted by Gasteiger charge is 1.99. The average molecular weight is 304 g/mol. The summed E-state index contributed by atoms with van der Waals surface area (Å²) in [7, 11) is 0. The van der Waals surface area contributed by atoms with Crippen LogP contribution in [0.2, 0.25) is 0 Å². The zero-order valence-corrected chi connectivity index (χ0v) is 14.5. The monoisotopic (exact) mass is 304 g/mol. The molecule has 0 saturated carbocycles. The second-order valence-electron chi connectivity index (χ2n) is 6.49. The molecule has 0 spiro atoms. The third-order valence-electron chi connectivity index (χ3n) is 4.12. The van der Waals surface area contributed by atoms with E-state index in [1.807, 2.05) is 12.3 Å². The van der Waals surface area contributed by atoms with Crippen molar-refractivity contribution in [3.8, 4) is 0 Å². The number of furan rings is 1. The van der Waals surface area contributed by atoms with Crippen molar-refractivity contribution in [1.29, 1.82) is 0 Å². The van der Waals surface area contributed by atoms with Crippen molar-refractivity contribution in [3.63, 3.8) is 0 Å². The first kappa shape index (κ1) is 18.8. The molecule has 0 aliphatic heterocycles. The third-order valence-corrected chi connectivity index (χ3v) is 4.12. The van der Waals surface area contributed by atoms with Gasteiger partial charge < -0.3 is 9.52 Å². The second-order valence-corrected chi connectivity index (χ2v) is 6.49. The summed E-state index contributed by atoms with van der Waals surface area (Å²) >= 11 is 0. The summed E-state index contributed by atoms with van der Waals surface area (Å²) in [6, 6.07) is 2.03. The molecule has 1 heterocycles. The van der Waals surface area contributed by atoms with Crippen molar-refractivity contribution in [1.82, 2.24) is 0 Å². The van der Waals surface area contributed by atoms with E-state index >= 15 is 0 Å². The van der Waals surface area contributed by atoms with Crippen molar-refractivity contribution in [2.45, 2.75) is 65.7 Å². The molecule has 0 aromatic carbocycles. The maximum atomic E-state index is 9.01. The number of aliphatic hydroxyl groups is 1. The largest absolute Gasteiger partial charge is 0.472 e. The van der Waals surface area contributed by atoms with E-state index in [0.717, 1.165) is 38.5 Å². The molecule has 0 amide bonds. The van der Waals surface area contributed by atoms with Crippen LogP contribution in [0.1, 0.15) is 64.9 Å². The van der Waals surface area contributed by atoms with Crippen LogP contribution in [0.3, 0.4) is 0 Å². The van der Waals surface area contributed by atoms with E-state index in [9.17, 15) is 0 Å². The summed E-state index contributed by atoms with van der Waals surface area (Å²) in [6.07, 6.45) is 16.2. The maximum Gasteiger partial charge on any atom is 0.0934 e. The molecule has 1 rings (SSSR count). The van der Waals surface area contributed by atoms with Crippen LogP contribution in [-0.4, -0.2) is 11.7 Å². The maximum absolute atomic E-state index is 9.01. The molecule has 1 atom stereocenters. The van der Waals surface area contributed by atoms with Crippen LogP contribution in [0, 0.1) is 5.92 Å². The van der Waals surface area contributed by atoms with Crippen LogP contribution in [0.15, 0.2) is 46.3 Å². The highest BCUT2D eigenvalue weighted by molar-refractivity contribution is 5.08. The Morgan fingerprint density at radius 3 is 2.59 bits per heavy atom. The van der Waals surface area contributed by atoms with Gasteiger partial charge in [-0.2, -0.15) is 0 Å². The van der Waals surface area contributed by atoms with E-state index in [4.69, 9.17) is 9.52 Å². The standard InChI is InChI=1S/C20H32O2/c1-17(9-5-11-19(3)15-21)7-4-8-18(2)10-6-12-20-13-14-22-16-20/h7,10,13-14,16,19,21H,4-6,8-9,11-12,15H2,1-3H3/b17-7+,18-10+/t19-/m0/s1. The van der Waals surface area contributed by atoms with Crippen molar-refractivity contribution < 1.29 is 9.52 Å². The van der Waals surface area contributed by atoms with Crippen LogP contribution >= 0.6 is 0 Å². The number of hydrogen-bond acceptors (Lipinski definition) is 2. The van der Waals surface area contributed by atoms with E-state index in [0.29, 0.717) is 12.5 Å². The van der Waals surface area contributed by atoms with Crippen LogP contribution < -0.4 is 0 Å². The van der Waals surface area contributed by atoms with Gasteiger partial charge in [-0.05, 0) is 76.3 Å². The van der Waals surface area contributed by atoms with Gasteiger partial charge in [0.2, 0.25) is 0 Å². The van der Waals surface area contributed by atoms with Crippen molar-refractivity contribution in [2.75, 3.05) is 6.61 Å². The first-order chi connectivity index (χ1) is 10.6. The van der Waals surface area contributed by atoms with E-state index < -0.39 is 0 Å². The minimum Gasteiger partial charge on any atom is -0.472 e. The van der Waals surface area contributed by atoms with Crippen LogP contribution in [0.5, 0.6) is 0 Å². The number of aryl methyl sites for hydroxylation is 1. The van der Waals surface area contributed by atoms with Gasteiger partial charge in [0.15, 0.2) is 0 Å². The molecule has 22 heavy (non-hydrogen) atoms. The number of aliphatic hydroxyl groups excluding tert-OH is 1. The van der Waals surface area contributed by atoms with Crippen molar-refractivity contribution >= 4 is 0 Å². The highest BCUT2D eigenvalue weighted by Crippen LogP contribution is 2.14. The summed E-state index contributed by atoms with van der Waals surface area (Å²) in [4.78, 5) is 0. The van der Waals surface area contributed by atoms with Gasteiger partial charge in [-0.1, -0.05) is 30.2 Å². The Bertz CT molecular complexity index is 440. The molecule has 0 saturated heterocycles. The fraction of sp³-hybridized carbons (Fsp3) is 0.600. The van der Waals surface area contributed by atoms with Gasteiger partial charge in [-0.25, -0.2) is 0 Å². The van der Waals surface area contributed by atoms with Gasteiger partial charge in [-0.15, -0.1) is 0 Å². The molecule has 1 aromatic heterocycles. The molecule has 0 aliphatic carbocycles. The molecule has 0 aliphatic rings. The Hall–Kier alpha value is -1.28. The molecule has 2 nitrogen and oxygen atoms in total. The minimum atomic E-state index is 0.311. The summed E-state index contributed by atoms with van der Waals surface area (Å²) in [5, 5.41) is 9.01. The molecular weight excluding hydrogens is 272 g/mol. The molecule has 1 aromatic rings. The Kier molecular flexibility index (Phi) is 9.65. The van der Waals surface area contributed by atoms with Gasteiger partial charge in [0.05, 0.1) is 12.5 Å². The molecule has 2 heteroatoms. The SMILES string of the molecule is C/C(=C\CCc1ccoc1)CC/C=C(\C)CCC[C@H](C)CO. The van der Waals surface area contributed by atoms with Crippen molar-refractivity contribution in [2.24, 2.45) is 5.92 Å². The van der Waals surface area contributed by atoms with Gasteiger partial charge in [-0.3, -0.25) is 0 Å².